The van der Waals surface area contributed by atoms with Gasteiger partial charge in [0.25, 0.3) is 0 Å². The number of nitrogens with zero attached hydrogens (tertiary/aromatic N) is 1. The lowest BCUT2D eigenvalue weighted by Crippen LogP contribution is -1.71. The van der Waals surface area contributed by atoms with E-state index in [1.165, 1.54) is 11.3 Å². The van der Waals surface area contributed by atoms with Crippen LogP contribution in [0.15, 0.2) is 22.8 Å². The van der Waals surface area contributed by atoms with Crippen molar-refractivity contribution < 1.29 is 0 Å². The maximum atomic E-state index is 5.80. The summed E-state index contributed by atoms with van der Waals surface area (Å²) in [4.78, 5) is 1.09. The molecule has 0 aliphatic heterocycles. The van der Waals surface area contributed by atoms with Gasteiger partial charge in [0.05, 0.1) is 25.6 Å². The van der Waals surface area contributed by atoms with Gasteiger partial charge >= 0.3 is 0 Å². The Morgan fingerprint density at radius 3 is 2.83 bits per heavy atom. The van der Waals surface area contributed by atoms with E-state index in [-0.39, 0.29) is 0 Å². The van der Waals surface area contributed by atoms with E-state index in [2.05, 4.69) is 26.1 Å². The van der Waals surface area contributed by atoms with Crippen molar-refractivity contribution in [3.63, 3.8) is 0 Å². The van der Waals surface area contributed by atoms with Gasteiger partial charge in [-0.25, -0.2) is 0 Å². The van der Waals surface area contributed by atoms with Gasteiger partial charge in [-0.2, -0.15) is 5.10 Å². The normalized spacial score (nSPS) is 10.5. The number of H-pyrrole nitrogens is 1. The largest absolute Gasteiger partial charge is 0.276 e. The van der Waals surface area contributed by atoms with E-state index in [1.54, 1.807) is 6.20 Å². The molecule has 0 saturated heterocycles. The molecule has 2 rings (SSSR count). The highest BCUT2D eigenvalue weighted by molar-refractivity contribution is 9.10. The van der Waals surface area contributed by atoms with Crippen molar-refractivity contribution in [1.29, 1.82) is 0 Å². The van der Waals surface area contributed by atoms with Gasteiger partial charge in [-0.05, 0) is 28.1 Å². The Morgan fingerprint density at radius 1 is 1.50 bits per heavy atom. The zero-order valence-electron chi connectivity index (χ0n) is 5.84. The van der Waals surface area contributed by atoms with Crippen LogP contribution in [0.3, 0.4) is 0 Å². The van der Waals surface area contributed by atoms with Gasteiger partial charge in [-0.15, -0.1) is 11.3 Å². The third-order valence-electron chi connectivity index (χ3n) is 1.41. The van der Waals surface area contributed by atoms with Gasteiger partial charge in [0.2, 0.25) is 0 Å². The molecule has 2 aromatic heterocycles. The van der Waals surface area contributed by atoms with Crippen LogP contribution in [0.1, 0.15) is 0 Å². The standard InChI is InChI=1S/C7H4BrClN2S/c8-4-3-10-11-7(4)5-1-2-6(9)12-5/h1-3H,(H,10,11). The molecule has 0 amide bonds. The average Bonchev–Trinajstić information content (AvgIpc) is 2.58. The third-order valence-corrected chi connectivity index (χ3v) is 3.26. The van der Waals surface area contributed by atoms with Gasteiger partial charge in [-0.1, -0.05) is 11.6 Å². The SMILES string of the molecule is Clc1ccc(-c2[nH]ncc2Br)s1. The minimum atomic E-state index is 0.784. The van der Waals surface area contributed by atoms with E-state index in [0.29, 0.717) is 0 Å². The molecule has 0 bridgehead atoms. The monoisotopic (exact) mass is 262 g/mol. The summed E-state index contributed by atoms with van der Waals surface area (Å²) in [5, 5.41) is 6.79. The summed E-state index contributed by atoms with van der Waals surface area (Å²) in [5.41, 5.74) is 0.979. The first-order valence-electron chi connectivity index (χ1n) is 3.22. The molecule has 0 spiro atoms. The van der Waals surface area contributed by atoms with Crippen LogP contribution in [-0.4, -0.2) is 10.2 Å². The van der Waals surface area contributed by atoms with Crippen LogP contribution < -0.4 is 0 Å². The predicted molar refractivity (Wildman–Crippen MR) is 54.6 cm³/mol. The van der Waals surface area contributed by atoms with Crippen molar-refractivity contribution in [2.75, 3.05) is 0 Å². The Balaban J connectivity index is 2.50. The van der Waals surface area contributed by atoms with Gasteiger partial charge in [0.1, 0.15) is 0 Å². The number of nitrogens with one attached hydrogen (secondary N) is 1. The van der Waals surface area contributed by atoms with E-state index in [1.807, 2.05) is 12.1 Å². The van der Waals surface area contributed by atoms with Gasteiger partial charge < -0.3 is 0 Å². The second-order valence-electron chi connectivity index (χ2n) is 2.20. The maximum absolute atomic E-state index is 5.80. The highest BCUT2D eigenvalue weighted by atomic mass is 79.9. The van der Waals surface area contributed by atoms with Gasteiger partial charge in [0.15, 0.2) is 0 Å². The molecule has 0 saturated carbocycles. The maximum Gasteiger partial charge on any atom is 0.0935 e. The summed E-state index contributed by atoms with van der Waals surface area (Å²) in [6.07, 6.45) is 1.73. The molecule has 0 atom stereocenters. The van der Waals surface area contributed by atoms with Crippen LogP contribution in [0, 0.1) is 0 Å². The van der Waals surface area contributed by atoms with E-state index in [9.17, 15) is 0 Å². The Labute approximate surface area is 86.7 Å². The highest BCUT2D eigenvalue weighted by Crippen LogP contribution is 2.33. The molecular weight excluding hydrogens is 260 g/mol. The van der Waals surface area contributed by atoms with Crippen molar-refractivity contribution in [2.45, 2.75) is 0 Å². The minimum absolute atomic E-state index is 0.784. The molecule has 1 N–H and O–H groups in total. The van der Waals surface area contributed by atoms with Crippen molar-refractivity contribution >= 4 is 38.9 Å². The second kappa shape index (κ2) is 3.20. The quantitative estimate of drug-likeness (QED) is 0.837. The molecule has 0 unspecified atom stereocenters. The molecule has 5 heteroatoms. The fourth-order valence-electron chi connectivity index (χ4n) is 0.893. The fraction of sp³-hybridized carbons (Fsp3) is 0. The molecule has 2 aromatic rings. The number of halogens is 2. The summed E-state index contributed by atoms with van der Waals surface area (Å²) in [6.45, 7) is 0. The smallest absolute Gasteiger partial charge is 0.0935 e. The van der Waals surface area contributed by atoms with Crippen molar-refractivity contribution in [1.82, 2.24) is 10.2 Å². The van der Waals surface area contributed by atoms with Gasteiger partial charge in [0, 0.05) is 0 Å². The van der Waals surface area contributed by atoms with Crippen LogP contribution in [0.25, 0.3) is 10.6 Å². The summed E-state index contributed by atoms with van der Waals surface area (Å²) in [6, 6.07) is 3.83. The summed E-state index contributed by atoms with van der Waals surface area (Å²) < 4.78 is 1.74. The number of hydrogen-bond donors (Lipinski definition) is 1. The zero-order valence-corrected chi connectivity index (χ0v) is 9.00. The third kappa shape index (κ3) is 1.42. The number of aromatic amines is 1. The Morgan fingerprint density at radius 2 is 2.33 bits per heavy atom. The molecular formula is C7H4BrClN2S. The number of aromatic nitrogens is 2. The summed E-state index contributed by atoms with van der Waals surface area (Å²) in [7, 11) is 0. The average molecular weight is 264 g/mol. The zero-order chi connectivity index (χ0) is 8.55. The van der Waals surface area contributed by atoms with E-state index in [0.717, 1.165) is 19.4 Å². The van der Waals surface area contributed by atoms with Crippen LogP contribution in [0.4, 0.5) is 0 Å². The first-order chi connectivity index (χ1) is 5.77. The van der Waals surface area contributed by atoms with E-state index < -0.39 is 0 Å². The number of thiophene rings is 1. The Bertz CT molecular complexity index is 396. The molecule has 12 heavy (non-hydrogen) atoms. The second-order valence-corrected chi connectivity index (χ2v) is 4.77. The lowest BCUT2D eigenvalue weighted by Gasteiger charge is -1.89. The lowest BCUT2D eigenvalue weighted by molar-refractivity contribution is 1.10. The van der Waals surface area contributed by atoms with Crippen molar-refractivity contribution in [2.24, 2.45) is 0 Å². The van der Waals surface area contributed by atoms with Crippen LogP contribution in [0.5, 0.6) is 0 Å². The van der Waals surface area contributed by atoms with Crippen LogP contribution >= 0.6 is 38.9 Å². The number of rotatable bonds is 1. The predicted octanol–water partition coefficient (Wildman–Crippen LogP) is 3.55. The van der Waals surface area contributed by atoms with Crippen molar-refractivity contribution in [3.05, 3.63) is 27.1 Å². The molecule has 2 nitrogen and oxygen atoms in total. The van der Waals surface area contributed by atoms with E-state index in [4.69, 9.17) is 11.6 Å². The topological polar surface area (TPSA) is 28.7 Å². The molecule has 0 fully saturated rings. The molecule has 0 radical (unpaired) electrons. The fourth-order valence-corrected chi connectivity index (χ4v) is 2.48. The first-order valence-corrected chi connectivity index (χ1v) is 5.20. The summed E-state index contributed by atoms with van der Waals surface area (Å²) >= 11 is 10.7. The lowest BCUT2D eigenvalue weighted by atomic mass is 10.3. The Kier molecular flexibility index (Phi) is 2.21. The van der Waals surface area contributed by atoms with Gasteiger partial charge in [-0.3, -0.25) is 5.10 Å². The number of hydrogen-bond acceptors (Lipinski definition) is 2. The molecule has 0 aromatic carbocycles. The molecule has 0 aliphatic carbocycles. The van der Waals surface area contributed by atoms with Crippen LogP contribution in [0.2, 0.25) is 4.34 Å². The molecule has 0 aliphatic rings. The minimum Gasteiger partial charge on any atom is -0.276 e. The first kappa shape index (κ1) is 8.29. The van der Waals surface area contributed by atoms with Crippen LogP contribution in [-0.2, 0) is 0 Å². The summed E-state index contributed by atoms with van der Waals surface area (Å²) in [5.74, 6) is 0. The molecule has 62 valence electrons. The molecule has 2 heterocycles. The van der Waals surface area contributed by atoms with Crippen molar-refractivity contribution in [3.8, 4) is 10.6 Å². The van der Waals surface area contributed by atoms with E-state index >= 15 is 0 Å². The highest BCUT2D eigenvalue weighted by Gasteiger charge is 2.06. The Hall–Kier alpha value is -0.320.